The second-order valence-electron chi connectivity index (χ2n) is 9.59. The van der Waals surface area contributed by atoms with Crippen LogP contribution in [-0.4, -0.2) is 41.1 Å². The Bertz CT molecular complexity index is 1190. The van der Waals surface area contributed by atoms with Crippen LogP contribution in [0.4, 0.5) is 4.79 Å². The lowest BCUT2D eigenvalue weighted by Gasteiger charge is -2.32. The highest BCUT2D eigenvalue weighted by Gasteiger charge is 2.40. The van der Waals surface area contributed by atoms with E-state index in [1.807, 2.05) is 74.5 Å². The zero-order valence-corrected chi connectivity index (χ0v) is 22.3. The molecule has 5 atom stereocenters. The van der Waals surface area contributed by atoms with Crippen LogP contribution >= 0.6 is 0 Å². The fourth-order valence-electron chi connectivity index (χ4n) is 4.30. The van der Waals surface area contributed by atoms with E-state index >= 15 is 0 Å². The second-order valence-corrected chi connectivity index (χ2v) is 9.59. The molecule has 0 spiro atoms. The van der Waals surface area contributed by atoms with Crippen molar-refractivity contribution in [3.63, 3.8) is 0 Å². The van der Waals surface area contributed by atoms with Gasteiger partial charge in [-0.2, -0.15) is 0 Å². The summed E-state index contributed by atoms with van der Waals surface area (Å²) in [7, 11) is 0. The number of Topliss-reactive ketones (excluding diaryl/α,β-unsaturated/α-hetero) is 1. The summed E-state index contributed by atoms with van der Waals surface area (Å²) in [5.74, 6) is -2.41. The van der Waals surface area contributed by atoms with Gasteiger partial charge in [-0.1, -0.05) is 111 Å². The van der Waals surface area contributed by atoms with Gasteiger partial charge in [-0.15, -0.1) is 0 Å². The summed E-state index contributed by atoms with van der Waals surface area (Å²) in [6.45, 7) is 4.01. The highest BCUT2D eigenvalue weighted by molar-refractivity contribution is 5.95. The fraction of sp³-hybridized carbons (Fsp3) is 0.323. The Kier molecular flexibility index (Phi) is 11.2. The topological polar surface area (TPSA) is 131 Å². The molecule has 0 heterocycles. The van der Waals surface area contributed by atoms with E-state index in [4.69, 9.17) is 10.5 Å². The normalized spacial score (nSPS) is 14.8. The number of amides is 2. The number of hydrogen-bond donors (Lipinski definition) is 4. The van der Waals surface area contributed by atoms with Crippen molar-refractivity contribution in [3.8, 4) is 0 Å². The third-order valence-electron chi connectivity index (χ3n) is 6.80. The average molecular weight is 532 g/mol. The molecule has 3 aromatic rings. The Labute approximate surface area is 229 Å². The van der Waals surface area contributed by atoms with Crippen molar-refractivity contribution in [3.05, 3.63) is 108 Å². The SMILES string of the molecule is CC[C@H](C)[C@H](NC(=O)OCc1ccccc1)C(=O)C(c1ccccc1)[C@H](N)[C@@H](O)C(=O)NCc1ccccc1. The van der Waals surface area contributed by atoms with E-state index in [1.165, 1.54) is 0 Å². The van der Waals surface area contributed by atoms with Crippen molar-refractivity contribution in [1.29, 1.82) is 0 Å². The lowest BCUT2D eigenvalue weighted by molar-refractivity contribution is -0.132. The molecule has 0 aliphatic rings. The number of aliphatic hydroxyl groups excluding tert-OH is 1. The Morgan fingerprint density at radius 1 is 0.872 bits per heavy atom. The molecule has 0 saturated carbocycles. The van der Waals surface area contributed by atoms with Crippen LogP contribution in [-0.2, 0) is 27.5 Å². The van der Waals surface area contributed by atoms with Crippen molar-refractivity contribution in [1.82, 2.24) is 10.6 Å². The van der Waals surface area contributed by atoms with Crippen molar-refractivity contribution < 1.29 is 24.2 Å². The summed E-state index contributed by atoms with van der Waals surface area (Å²) in [4.78, 5) is 39.6. The molecule has 0 fully saturated rings. The first-order valence-electron chi connectivity index (χ1n) is 13.1. The summed E-state index contributed by atoms with van der Waals surface area (Å²) < 4.78 is 5.36. The molecular weight excluding hydrogens is 494 g/mol. The molecule has 0 aliphatic carbocycles. The molecule has 8 nitrogen and oxygen atoms in total. The predicted octanol–water partition coefficient (Wildman–Crippen LogP) is 3.69. The zero-order chi connectivity index (χ0) is 28.2. The van der Waals surface area contributed by atoms with Gasteiger partial charge in [0.05, 0.1) is 18.0 Å². The summed E-state index contributed by atoms with van der Waals surface area (Å²) in [5, 5.41) is 16.3. The van der Waals surface area contributed by atoms with Gasteiger partial charge in [-0.25, -0.2) is 4.79 Å². The summed E-state index contributed by atoms with van der Waals surface area (Å²) in [6, 6.07) is 25.0. The van der Waals surface area contributed by atoms with Gasteiger partial charge < -0.3 is 26.2 Å². The van der Waals surface area contributed by atoms with E-state index in [1.54, 1.807) is 30.3 Å². The predicted molar refractivity (Wildman–Crippen MR) is 149 cm³/mol. The van der Waals surface area contributed by atoms with Gasteiger partial charge in [-0.05, 0) is 22.6 Å². The molecule has 3 rings (SSSR count). The molecule has 2 amide bonds. The van der Waals surface area contributed by atoms with Gasteiger partial charge in [-0.3, -0.25) is 9.59 Å². The van der Waals surface area contributed by atoms with Gasteiger partial charge in [0.25, 0.3) is 5.91 Å². The number of hydrogen-bond acceptors (Lipinski definition) is 6. The monoisotopic (exact) mass is 531 g/mol. The van der Waals surface area contributed by atoms with Gasteiger partial charge in [0.15, 0.2) is 5.78 Å². The number of carbonyl (C=O) groups is 3. The van der Waals surface area contributed by atoms with Gasteiger partial charge >= 0.3 is 6.09 Å². The minimum Gasteiger partial charge on any atom is -0.445 e. The van der Waals surface area contributed by atoms with E-state index in [0.29, 0.717) is 12.0 Å². The van der Waals surface area contributed by atoms with Gasteiger partial charge in [0, 0.05) is 6.54 Å². The molecule has 0 saturated heterocycles. The Balaban J connectivity index is 1.78. The molecular formula is C31H37N3O5. The van der Waals surface area contributed by atoms with Crippen LogP contribution in [0, 0.1) is 5.92 Å². The maximum Gasteiger partial charge on any atom is 0.408 e. The van der Waals surface area contributed by atoms with Crippen molar-refractivity contribution in [2.45, 2.75) is 57.5 Å². The first-order chi connectivity index (χ1) is 18.8. The van der Waals surface area contributed by atoms with Gasteiger partial charge in [0.2, 0.25) is 0 Å². The maximum atomic E-state index is 14.0. The average Bonchev–Trinajstić information content (AvgIpc) is 2.98. The summed E-state index contributed by atoms with van der Waals surface area (Å²) in [5.41, 5.74) is 8.64. The molecule has 8 heteroatoms. The molecule has 206 valence electrons. The van der Waals surface area contributed by atoms with Gasteiger partial charge in [0.1, 0.15) is 12.7 Å². The van der Waals surface area contributed by atoms with Crippen LogP contribution in [0.25, 0.3) is 0 Å². The fourth-order valence-corrected chi connectivity index (χ4v) is 4.30. The smallest absolute Gasteiger partial charge is 0.408 e. The molecule has 0 aliphatic heterocycles. The molecule has 0 aromatic heterocycles. The van der Waals surface area contributed by atoms with Crippen LogP contribution in [0.15, 0.2) is 91.0 Å². The summed E-state index contributed by atoms with van der Waals surface area (Å²) >= 11 is 0. The molecule has 5 N–H and O–H groups in total. The number of nitrogens with two attached hydrogens (primary N) is 1. The quantitative estimate of drug-likeness (QED) is 0.266. The Morgan fingerprint density at radius 2 is 1.41 bits per heavy atom. The zero-order valence-electron chi connectivity index (χ0n) is 22.3. The van der Waals surface area contributed by atoms with E-state index < -0.39 is 41.9 Å². The molecule has 0 bridgehead atoms. The van der Waals surface area contributed by atoms with Crippen LogP contribution in [0.1, 0.15) is 42.9 Å². The largest absolute Gasteiger partial charge is 0.445 e. The number of alkyl carbamates (subject to hydrolysis) is 1. The molecule has 1 unspecified atom stereocenters. The van der Waals surface area contributed by atoms with Crippen LogP contribution in [0.2, 0.25) is 0 Å². The maximum absolute atomic E-state index is 14.0. The number of carbonyl (C=O) groups excluding carboxylic acids is 3. The third kappa shape index (κ3) is 8.49. The third-order valence-corrected chi connectivity index (χ3v) is 6.80. The highest BCUT2D eigenvalue weighted by Crippen LogP contribution is 2.26. The van der Waals surface area contributed by atoms with Crippen LogP contribution in [0.5, 0.6) is 0 Å². The molecule has 3 aromatic carbocycles. The van der Waals surface area contributed by atoms with E-state index in [2.05, 4.69) is 10.6 Å². The summed E-state index contributed by atoms with van der Waals surface area (Å²) in [6.07, 6.45) is -1.81. The minimum absolute atomic E-state index is 0.0516. The highest BCUT2D eigenvalue weighted by atomic mass is 16.5. The number of benzene rings is 3. The number of ether oxygens (including phenoxy) is 1. The van der Waals surface area contributed by atoms with Crippen molar-refractivity contribution in [2.24, 2.45) is 11.7 Å². The number of rotatable bonds is 13. The van der Waals surface area contributed by atoms with E-state index in [0.717, 1.165) is 11.1 Å². The minimum atomic E-state index is -1.66. The second kappa shape index (κ2) is 14.8. The lowest BCUT2D eigenvalue weighted by Crippen LogP contribution is -2.55. The number of ketones is 1. The van der Waals surface area contributed by atoms with E-state index in [9.17, 15) is 19.5 Å². The van der Waals surface area contributed by atoms with E-state index in [-0.39, 0.29) is 19.1 Å². The van der Waals surface area contributed by atoms with Crippen molar-refractivity contribution in [2.75, 3.05) is 0 Å². The molecule has 0 radical (unpaired) electrons. The van der Waals surface area contributed by atoms with Crippen molar-refractivity contribution >= 4 is 17.8 Å². The molecule has 39 heavy (non-hydrogen) atoms. The first kappa shape index (κ1) is 29.5. The lowest BCUT2D eigenvalue weighted by atomic mass is 9.79. The number of nitrogens with one attached hydrogen (secondary N) is 2. The van der Waals surface area contributed by atoms with Crippen LogP contribution < -0.4 is 16.4 Å². The Morgan fingerprint density at radius 3 is 1.97 bits per heavy atom. The standard InChI is InChI=1S/C31H37N3O5/c1-3-21(2)27(34-31(38)39-20-23-15-9-5-10-16-23)28(35)25(24-17-11-6-12-18-24)26(32)29(36)30(37)33-19-22-13-7-4-8-14-22/h4-18,21,25-27,29,36H,3,19-20,32H2,1-2H3,(H,33,37)(H,34,38)/t21-,25?,26-,27-,29+/m0/s1. The number of aliphatic hydroxyl groups is 1. The Hall–Kier alpha value is -4.01. The first-order valence-corrected chi connectivity index (χ1v) is 13.1. The van der Waals surface area contributed by atoms with Crippen LogP contribution in [0.3, 0.4) is 0 Å².